The molecule has 2 aromatic rings. The maximum atomic E-state index is 5.65. The van der Waals surface area contributed by atoms with Crippen molar-refractivity contribution in [3.8, 4) is 0 Å². The Morgan fingerprint density at radius 1 is 1.31 bits per heavy atom. The summed E-state index contributed by atoms with van der Waals surface area (Å²) >= 11 is 3.51. The van der Waals surface area contributed by atoms with Gasteiger partial charge in [-0.2, -0.15) is 0 Å². The van der Waals surface area contributed by atoms with Crippen molar-refractivity contribution in [2.75, 3.05) is 6.54 Å². The summed E-state index contributed by atoms with van der Waals surface area (Å²) in [6, 6.07) is 6.82. The molecule has 0 radical (unpaired) electrons. The van der Waals surface area contributed by atoms with Gasteiger partial charge < -0.3 is 9.73 Å². The predicted octanol–water partition coefficient (Wildman–Crippen LogP) is 4.01. The highest BCUT2D eigenvalue weighted by Crippen LogP contribution is 2.33. The minimum Gasteiger partial charge on any atom is -0.463 e. The molecule has 0 bridgehead atoms. The van der Waals surface area contributed by atoms with Crippen LogP contribution in [0.25, 0.3) is 11.0 Å². The third-order valence-electron chi connectivity index (χ3n) is 3.27. The van der Waals surface area contributed by atoms with Gasteiger partial charge in [0.1, 0.15) is 11.8 Å². The van der Waals surface area contributed by atoms with Crippen molar-refractivity contribution in [1.82, 2.24) is 5.32 Å². The topological polar surface area (TPSA) is 25.2 Å². The zero-order chi connectivity index (χ0) is 11.0. The van der Waals surface area contributed by atoms with E-state index in [2.05, 4.69) is 39.4 Å². The quantitative estimate of drug-likeness (QED) is 0.853. The van der Waals surface area contributed by atoms with Crippen LogP contribution in [0.4, 0.5) is 0 Å². The molecule has 1 atom stereocenters. The van der Waals surface area contributed by atoms with Crippen molar-refractivity contribution in [2.45, 2.75) is 25.3 Å². The Labute approximate surface area is 103 Å². The molecule has 1 fully saturated rings. The summed E-state index contributed by atoms with van der Waals surface area (Å²) in [5, 5.41) is 4.73. The molecular formula is C13H14BrNO. The minimum atomic E-state index is 0.454. The van der Waals surface area contributed by atoms with E-state index < -0.39 is 0 Å². The van der Waals surface area contributed by atoms with E-state index in [0.29, 0.717) is 6.04 Å². The number of nitrogens with one attached hydrogen (secondary N) is 1. The third-order valence-corrected chi connectivity index (χ3v) is 3.88. The van der Waals surface area contributed by atoms with Crippen molar-refractivity contribution in [3.05, 3.63) is 34.5 Å². The van der Waals surface area contributed by atoms with Gasteiger partial charge in [-0.05, 0) is 41.4 Å². The number of benzene rings is 1. The van der Waals surface area contributed by atoms with Gasteiger partial charge in [0.15, 0.2) is 0 Å². The fourth-order valence-corrected chi connectivity index (χ4v) is 2.85. The smallest absolute Gasteiger partial charge is 0.139 e. The molecule has 1 saturated heterocycles. The van der Waals surface area contributed by atoms with E-state index in [1.165, 1.54) is 30.2 Å². The number of hydrogen-bond donors (Lipinski definition) is 1. The monoisotopic (exact) mass is 279 g/mol. The Hall–Kier alpha value is -0.800. The second-order valence-electron chi connectivity index (χ2n) is 4.31. The molecule has 1 aromatic heterocycles. The zero-order valence-electron chi connectivity index (χ0n) is 9.00. The molecule has 3 heteroatoms. The van der Waals surface area contributed by atoms with Crippen LogP contribution >= 0.6 is 15.9 Å². The minimum absolute atomic E-state index is 0.454. The van der Waals surface area contributed by atoms with E-state index in [0.717, 1.165) is 16.6 Å². The van der Waals surface area contributed by atoms with E-state index in [9.17, 15) is 0 Å². The molecule has 2 heterocycles. The number of furan rings is 1. The van der Waals surface area contributed by atoms with Crippen molar-refractivity contribution in [2.24, 2.45) is 0 Å². The van der Waals surface area contributed by atoms with Gasteiger partial charge in [-0.3, -0.25) is 0 Å². The first-order valence-corrected chi connectivity index (χ1v) is 6.54. The lowest BCUT2D eigenvalue weighted by atomic mass is 9.96. The maximum Gasteiger partial charge on any atom is 0.139 e. The number of fused-ring (bicyclic) bond motifs is 1. The fraction of sp³-hybridized carbons (Fsp3) is 0.385. The highest BCUT2D eigenvalue weighted by atomic mass is 79.9. The molecule has 16 heavy (non-hydrogen) atoms. The van der Waals surface area contributed by atoms with Gasteiger partial charge in [0.05, 0.1) is 4.47 Å². The Morgan fingerprint density at radius 2 is 2.25 bits per heavy atom. The van der Waals surface area contributed by atoms with Gasteiger partial charge >= 0.3 is 0 Å². The summed E-state index contributed by atoms with van der Waals surface area (Å²) < 4.78 is 6.69. The molecule has 1 unspecified atom stereocenters. The molecule has 1 aliphatic rings. The number of hydrogen-bond acceptors (Lipinski definition) is 2. The van der Waals surface area contributed by atoms with Crippen LogP contribution in [0.1, 0.15) is 30.9 Å². The van der Waals surface area contributed by atoms with E-state index in [1.807, 2.05) is 0 Å². The summed E-state index contributed by atoms with van der Waals surface area (Å²) in [4.78, 5) is 0. The molecule has 0 spiro atoms. The highest BCUT2D eigenvalue weighted by molar-refractivity contribution is 9.10. The number of piperidine rings is 1. The summed E-state index contributed by atoms with van der Waals surface area (Å²) in [6.07, 6.45) is 5.57. The predicted molar refractivity (Wildman–Crippen MR) is 68.5 cm³/mol. The standard InChI is InChI=1S/C13H14BrNO/c14-11-8-16-13-9(11)4-3-5-10(13)12-6-1-2-7-15-12/h3-5,8,12,15H,1-2,6-7H2. The molecular weight excluding hydrogens is 266 g/mol. The van der Waals surface area contributed by atoms with E-state index in [4.69, 9.17) is 4.42 Å². The second-order valence-corrected chi connectivity index (χ2v) is 5.16. The summed E-state index contributed by atoms with van der Waals surface area (Å²) in [5.41, 5.74) is 2.32. The van der Waals surface area contributed by atoms with E-state index >= 15 is 0 Å². The third kappa shape index (κ3) is 1.68. The summed E-state index contributed by atoms with van der Waals surface area (Å²) in [5.74, 6) is 0. The number of rotatable bonds is 1. The molecule has 84 valence electrons. The molecule has 0 aliphatic carbocycles. The number of para-hydroxylation sites is 1. The van der Waals surface area contributed by atoms with E-state index in [-0.39, 0.29) is 0 Å². The maximum absolute atomic E-state index is 5.65. The second kappa shape index (κ2) is 4.22. The molecule has 0 amide bonds. The van der Waals surface area contributed by atoms with Gasteiger partial charge in [-0.15, -0.1) is 0 Å². The van der Waals surface area contributed by atoms with E-state index in [1.54, 1.807) is 6.26 Å². The van der Waals surface area contributed by atoms with Gasteiger partial charge in [-0.25, -0.2) is 0 Å². The van der Waals surface area contributed by atoms with Gasteiger partial charge in [0.2, 0.25) is 0 Å². The van der Waals surface area contributed by atoms with Gasteiger partial charge in [0, 0.05) is 17.0 Å². The molecule has 1 N–H and O–H groups in total. The lowest BCUT2D eigenvalue weighted by molar-refractivity contribution is 0.410. The Morgan fingerprint density at radius 3 is 3.06 bits per heavy atom. The van der Waals surface area contributed by atoms with Crippen LogP contribution in [-0.2, 0) is 0 Å². The highest BCUT2D eigenvalue weighted by Gasteiger charge is 2.19. The largest absolute Gasteiger partial charge is 0.463 e. The number of halogens is 1. The fourth-order valence-electron chi connectivity index (χ4n) is 2.44. The van der Waals surface area contributed by atoms with Crippen LogP contribution in [0.15, 0.2) is 33.4 Å². The van der Waals surface area contributed by atoms with Crippen molar-refractivity contribution in [3.63, 3.8) is 0 Å². The normalized spacial score (nSPS) is 21.4. The molecule has 0 saturated carbocycles. The van der Waals surface area contributed by atoms with Crippen LogP contribution in [0.5, 0.6) is 0 Å². The summed E-state index contributed by atoms with van der Waals surface area (Å²) in [7, 11) is 0. The molecule has 2 nitrogen and oxygen atoms in total. The van der Waals surface area contributed by atoms with Gasteiger partial charge in [-0.1, -0.05) is 18.6 Å². The van der Waals surface area contributed by atoms with Crippen LogP contribution < -0.4 is 5.32 Å². The van der Waals surface area contributed by atoms with Crippen molar-refractivity contribution >= 4 is 26.9 Å². The van der Waals surface area contributed by atoms with Crippen LogP contribution in [-0.4, -0.2) is 6.54 Å². The van der Waals surface area contributed by atoms with Gasteiger partial charge in [0.25, 0.3) is 0 Å². The zero-order valence-corrected chi connectivity index (χ0v) is 10.6. The lowest BCUT2D eigenvalue weighted by Crippen LogP contribution is -2.26. The average molecular weight is 280 g/mol. The summed E-state index contributed by atoms with van der Waals surface area (Å²) in [6.45, 7) is 1.11. The van der Waals surface area contributed by atoms with Crippen molar-refractivity contribution in [1.29, 1.82) is 0 Å². The molecule has 1 aromatic carbocycles. The Bertz CT molecular complexity index is 500. The SMILES string of the molecule is Brc1coc2c(C3CCCCN3)cccc12. The van der Waals surface area contributed by atoms with Crippen LogP contribution in [0, 0.1) is 0 Å². The Kier molecular flexibility index (Phi) is 2.74. The van der Waals surface area contributed by atoms with Crippen LogP contribution in [0.2, 0.25) is 0 Å². The Balaban J connectivity index is 2.08. The molecule has 1 aliphatic heterocycles. The van der Waals surface area contributed by atoms with Crippen molar-refractivity contribution < 1.29 is 4.42 Å². The lowest BCUT2D eigenvalue weighted by Gasteiger charge is -2.23. The van der Waals surface area contributed by atoms with Crippen LogP contribution in [0.3, 0.4) is 0 Å². The first kappa shape index (κ1) is 10.4. The first-order chi connectivity index (χ1) is 7.86. The molecule has 3 rings (SSSR count). The average Bonchev–Trinajstić information content (AvgIpc) is 2.73. The first-order valence-electron chi connectivity index (χ1n) is 5.75.